The van der Waals surface area contributed by atoms with E-state index in [0.29, 0.717) is 11.7 Å². The number of carbonyl (C=O) groups is 1. The van der Waals surface area contributed by atoms with Gasteiger partial charge >= 0.3 is 0 Å². The van der Waals surface area contributed by atoms with Gasteiger partial charge in [0.05, 0.1) is 6.04 Å². The second-order valence-electron chi connectivity index (χ2n) is 6.51. The fourth-order valence-corrected chi connectivity index (χ4v) is 3.01. The summed E-state index contributed by atoms with van der Waals surface area (Å²) < 4.78 is 26.4. The van der Waals surface area contributed by atoms with Crippen molar-refractivity contribution in [1.29, 1.82) is 0 Å². The number of hydrogen-bond acceptors (Lipinski definition) is 3. The Morgan fingerprint density at radius 3 is 2.59 bits per heavy atom. The molecule has 0 bridgehead atoms. The summed E-state index contributed by atoms with van der Waals surface area (Å²) in [6.07, 6.45) is 3.91. The van der Waals surface area contributed by atoms with E-state index in [4.69, 9.17) is 0 Å². The molecule has 4 nitrogen and oxygen atoms in total. The summed E-state index contributed by atoms with van der Waals surface area (Å²) >= 11 is 0. The van der Waals surface area contributed by atoms with Crippen molar-refractivity contribution >= 4 is 5.91 Å². The first-order valence-electron chi connectivity index (χ1n) is 7.92. The molecule has 6 heteroatoms. The maximum absolute atomic E-state index is 13.2. The maximum atomic E-state index is 13.2. The Morgan fingerprint density at radius 2 is 2.00 bits per heavy atom. The van der Waals surface area contributed by atoms with Crippen LogP contribution in [0, 0.1) is 18.8 Å². The number of nitrogens with one attached hydrogen (secondary N) is 1. The fourth-order valence-electron chi connectivity index (χ4n) is 3.01. The number of rotatable bonds is 4. The Kier molecular flexibility index (Phi) is 4.10. The molecule has 1 N–H and O–H groups in total. The van der Waals surface area contributed by atoms with Gasteiger partial charge in [0.15, 0.2) is 5.82 Å². The molecule has 2 aliphatic carbocycles. The number of carbonyl (C=O) groups excluding carboxylic acids is 1. The van der Waals surface area contributed by atoms with Crippen molar-refractivity contribution in [1.82, 2.24) is 15.3 Å². The third-order valence-electron chi connectivity index (χ3n) is 4.57. The van der Waals surface area contributed by atoms with Crippen LogP contribution in [0.25, 0.3) is 0 Å². The quantitative estimate of drug-likeness (QED) is 0.929. The molecule has 0 radical (unpaired) electrons. The average Bonchev–Trinajstić information content (AvgIpc) is 3.29. The summed E-state index contributed by atoms with van der Waals surface area (Å²) in [6, 6.07) is 1.63. The molecule has 1 atom stereocenters. The normalized spacial score (nSPS) is 23.0. The molecule has 1 aromatic rings. The standard InChI is InChI=1S/C16H21F2N3O/c1-10-6-9-19-14(20-10)13(11-2-3-11)21-15(22)12-4-7-16(17,18)8-5-12/h6,9,11-13H,2-5,7-8H2,1H3,(H,21,22). The lowest BCUT2D eigenvalue weighted by Crippen LogP contribution is -2.39. The van der Waals surface area contributed by atoms with E-state index in [1.807, 2.05) is 13.0 Å². The average molecular weight is 309 g/mol. The zero-order valence-electron chi connectivity index (χ0n) is 12.7. The van der Waals surface area contributed by atoms with Gasteiger partial charge in [0.1, 0.15) is 0 Å². The lowest BCUT2D eigenvalue weighted by Gasteiger charge is -2.28. The number of nitrogens with zero attached hydrogens (tertiary/aromatic N) is 2. The van der Waals surface area contributed by atoms with Crippen molar-refractivity contribution in [2.45, 2.75) is 57.4 Å². The second-order valence-corrected chi connectivity index (χ2v) is 6.51. The second kappa shape index (κ2) is 5.89. The third kappa shape index (κ3) is 3.59. The minimum absolute atomic E-state index is 0.127. The molecule has 0 saturated heterocycles. The molecule has 0 spiro atoms. The van der Waals surface area contributed by atoms with Crippen LogP contribution in [0.5, 0.6) is 0 Å². The zero-order chi connectivity index (χ0) is 15.7. The molecule has 1 unspecified atom stereocenters. The van der Waals surface area contributed by atoms with Gasteiger partial charge in [0.2, 0.25) is 11.8 Å². The van der Waals surface area contributed by atoms with Crippen LogP contribution < -0.4 is 5.32 Å². The van der Waals surface area contributed by atoms with Crippen molar-refractivity contribution in [2.24, 2.45) is 11.8 Å². The molecule has 22 heavy (non-hydrogen) atoms. The van der Waals surface area contributed by atoms with E-state index in [1.54, 1.807) is 6.20 Å². The van der Waals surface area contributed by atoms with Crippen molar-refractivity contribution < 1.29 is 13.6 Å². The maximum Gasteiger partial charge on any atom is 0.248 e. The van der Waals surface area contributed by atoms with Crippen LogP contribution in [0.3, 0.4) is 0 Å². The molecule has 0 aliphatic heterocycles. The topological polar surface area (TPSA) is 54.9 Å². The smallest absolute Gasteiger partial charge is 0.248 e. The van der Waals surface area contributed by atoms with Gasteiger partial charge in [-0.15, -0.1) is 0 Å². The Morgan fingerprint density at radius 1 is 1.32 bits per heavy atom. The van der Waals surface area contributed by atoms with Crippen molar-refractivity contribution in [2.75, 3.05) is 0 Å². The molecule has 3 rings (SSSR count). The lowest BCUT2D eigenvalue weighted by molar-refractivity contribution is -0.130. The van der Waals surface area contributed by atoms with Gasteiger partial charge in [0.25, 0.3) is 0 Å². The monoisotopic (exact) mass is 309 g/mol. The minimum atomic E-state index is -2.60. The number of aryl methyl sites for hydroxylation is 1. The summed E-state index contributed by atoms with van der Waals surface area (Å²) in [5.74, 6) is -2.04. The number of halogens is 2. The first-order chi connectivity index (χ1) is 10.4. The van der Waals surface area contributed by atoms with Gasteiger partial charge in [-0.25, -0.2) is 18.7 Å². The Balaban J connectivity index is 1.66. The predicted molar refractivity (Wildman–Crippen MR) is 77.3 cm³/mol. The summed E-state index contributed by atoms with van der Waals surface area (Å²) in [5.41, 5.74) is 0.863. The third-order valence-corrected chi connectivity index (χ3v) is 4.57. The highest BCUT2D eigenvalue weighted by Gasteiger charge is 2.40. The molecular formula is C16H21F2N3O. The van der Waals surface area contributed by atoms with Gasteiger partial charge in [-0.3, -0.25) is 4.79 Å². The Bertz CT molecular complexity index is 550. The number of alkyl halides is 2. The highest BCUT2D eigenvalue weighted by atomic mass is 19.3. The number of hydrogen-bond donors (Lipinski definition) is 1. The summed E-state index contributed by atoms with van der Waals surface area (Å²) in [5, 5.41) is 3.01. The highest BCUT2D eigenvalue weighted by molar-refractivity contribution is 5.79. The molecule has 2 aliphatic rings. The molecule has 1 amide bonds. The Hall–Kier alpha value is -1.59. The highest BCUT2D eigenvalue weighted by Crippen LogP contribution is 2.41. The first-order valence-corrected chi connectivity index (χ1v) is 7.92. The minimum Gasteiger partial charge on any atom is -0.346 e. The van der Waals surface area contributed by atoms with E-state index in [0.717, 1.165) is 18.5 Å². The number of aromatic nitrogens is 2. The van der Waals surface area contributed by atoms with E-state index >= 15 is 0 Å². The van der Waals surface area contributed by atoms with Gasteiger partial charge in [-0.1, -0.05) is 0 Å². The summed E-state index contributed by atoms with van der Waals surface area (Å²) in [6.45, 7) is 1.89. The van der Waals surface area contributed by atoms with Gasteiger partial charge in [-0.05, 0) is 44.6 Å². The molecule has 2 saturated carbocycles. The van der Waals surface area contributed by atoms with E-state index in [-0.39, 0.29) is 43.6 Å². The summed E-state index contributed by atoms with van der Waals surface area (Å²) in [7, 11) is 0. The van der Waals surface area contributed by atoms with E-state index in [2.05, 4.69) is 15.3 Å². The molecular weight excluding hydrogens is 288 g/mol. The largest absolute Gasteiger partial charge is 0.346 e. The molecule has 0 aromatic carbocycles. The van der Waals surface area contributed by atoms with Crippen LogP contribution in [0.1, 0.15) is 56.1 Å². The number of amides is 1. The van der Waals surface area contributed by atoms with Gasteiger partial charge < -0.3 is 5.32 Å². The van der Waals surface area contributed by atoms with Crippen LogP contribution in [0.15, 0.2) is 12.3 Å². The summed E-state index contributed by atoms with van der Waals surface area (Å²) in [4.78, 5) is 21.1. The molecule has 120 valence electrons. The van der Waals surface area contributed by atoms with Gasteiger partial charge in [0, 0.05) is 30.7 Å². The van der Waals surface area contributed by atoms with Crippen LogP contribution >= 0.6 is 0 Å². The van der Waals surface area contributed by atoms with Crippen molar-refractivity contribution in [3.05, 3.63) is 23.8 Å². The predicted octanol–water partition coefficient (Wildman–Crippen LogP) is 3.18. The molecule has 1 heterocycles. The zero-order valence-corrected chi connectivity index (χ0v) is 12.7. The Labute approximate surface area is 128 Å². The van der Waals surface area contributed by atoms with Gasteiger partial charge in [-0.2, -0.15) is 0 Å². The van der Waals surface area contributed by atoms with E-state index in [9.17, 15) is 13.6 Å². The molecule has 2 fully saturated rings. The van der Waals surface area contributed by atoms with Crippen molar-refractivity contribution in [3.8, 4) is 0 Å². The SMILES string of the molecule is Cc1ccnc(C(NC(=O)C2CCC(F)(F)CC2)C2CC2)n1. The first kappa shape index (κ1) is 15.3. The van der Waals surface area contributed by atoms with Crippen molar-refractivity contribution in [3.63, 3.8) is 0 Å². The van der Waals surface area contributed by atoms with Crippen LogP contribution in [0.4, 0.5) is 8.78 Å². The van der Waals surface area contributed by atoms with Crippen LogP contribution in [0.2, 0.25) is 0 Å². The van der Waals surface area contributed by atoms with Crippen LogP contribution in [-0.2, 0) is 4.79 Å². The molecule has 1 aromatic heterocycles. The van der Waals surface area contributed by atoms with Crippen LogP contribution in [-0.4, -0.2) is 21.8 Å². The lowest BCUT2D eigenvalue weighted by atomic mass is 9.86. The fraction of sp³-hybridized carbons (Fsp3) is 0.688. The van der Waals surface area contributed by atoms with E-state index in [1.165, 1.54) is 0 Å². The van der Waals surface area contributed by atoms with E-state index < -0.39 is 5.92 Å².